The van der Waals surface area contributed by atoms with Gasteiger partial charge in [0.05, 0.1) is 7.11 Å². The molecule has 0 spiro atoms. The third-order valence-electron chi connectivity index (χ3n) is 5.36. The van der Waals surface area contributed by atoms with Crippen LogP contribution < -0.4 is 14.4 Å². The molecule has 1 saturated heterocycles. The molecule has 2 heterocycles. The highest BCUT2D eigenvalue weighted by molar-refractivity contribution is 8.00. The second kappa shape index (κ2) is 9.75. The van der Waals surface area contributed by atoms with Crippen molar-refractivity contribution < 1.29 is 9.53 Å². The topological polar surface area (TPSA) is 57.7 Å². The summed E-state index contributed by atoms with van der Waals surface area (Å²) in [6, 6.07) is 19.7. The summed E-state index contributed by atoms with van der Waals surface area (Å²) in [5, 5.41) is 0. The first kappa shape index (κ1) is 21.1. The molecule has 0 bridgehead atoms. The minimum absolute atomic E-state index is 0.0880. The van der Waals surface area contributed by atoms with E-state index in [1.165, 1.54) is 11.9 Å². The molecule has 7 heteroatoms. The number of hydrogen-bond donors (Lipinski definition) is 1. The van der Waals surface area contributed by atoms with Crippen molar-refractivity contribution in [2.45, 2.75) is 11.8 Å². The Morgan fingerprint density at radius 1 is 1.03 bits per heavy atom. The predicted octanol–water partition coefficient (Wildman–Crippen LogP) is 4.48. The van der Waals surface area contributed by atoms with E-state index < -0.39 is 0 Å². The van der Waals surface area contributed by atoms with Crippen LogP contribution in [0.1, 0.15) is 15.9 Å². The Morgan fingerprint density at radius 2 is 1.81 bits per heavy atom. The van der Waals surface area contributed by atoms with Crippen LogP contribution in [0.5, 0.6) is 5.75 Å². The van der Waals surface area contributed by atoms with Gasteiger partial charge in [-0.1, -0.05) is 12.1 Å². The number of methoxy groups -OCH3 is 1. The van der Waals surface area contributed by atoms with Crippen molar-refractivity contribution in [3.05, 3.63) is 78.0 Å². The fourth-order valence-corrected chi connectivity index (χ4v) is 4.21. The van der Waals surface area contributed by atoms with Gasteiger partial charge in [-0.05, 0) is 73.0 Å². The molecular weight excluding hydrogens is 408 g/mol. The Kier molecular flexibility index (Phi) is 6.62. The van der Waals surface area contributed by atoms with Crippen LogP contribution in [0.3, 0.4) is 0 Å². The van der Waals surface area contributed by atoms with Gasteiger partial charge in [0, 0.05) is 48.5 Å². The van der Waals surface area contributed by atoms with E-state index in [4.69, 9.17) is 4.74 Å². The van der Waals surface area contributed by atoms with Crippen LogP contribution in [0.25, 0.3) is 0 Å². The smallest absolute Gasteiger partial charge is 0.254 e. The molecule has 4 rings (SSSR count). The summed E-state index contributed by atoms with van der Waals surface area (Å²) < 4.78 is 8.52. The average molecular weight is 435 g/mol. The number of piperazine rings is 1. The van der Waals surface area contributed by atoms with Gasteiger partial charge < -0.3 is 19.3 Å². The number of rotatable bonds is 6. The van der Waals surface area contributed by atoms with Crippen molar-refractivity contribution in [3.63, 3.8) is 0 Å². The lowest BCUT2D eigenvalue weighted by atomic mass is 10.1. The van der Waals surface area contributed by atoms with Crippen LogP contribution in [-0.4, -0.2) is 49.1 Å². The lowest BCUT2D eigenvalue weighted by Gasteiger charge is -2.35. The molecule has 160 valence electrons. The van der Waals surface area contributed by atoms with Crippen LogP contribution in [0.2, 0.25) is 0 Å². The summed E-state index contributed by atoms with van der Waals surface area (Å²) >= 11 is 1.49. The van der Waals surface area contributed by atoms with Crippen molar-refractivity contribution >= 4 is 29.4 Å². The number of carbonyl (C=O) groups is 1. The van der Waals surface area contributed by atoms with Crippen LogP contribution in [0, 0.1) is 6.92 Å². The molecule has 1 amide bonds. The fourth-order valence-electron chi connectivity index (χ4n) is 3.52. The minimum Gasteiger partial charge on any atom is -0.497 e. The summed E-state index contributed by atoms with van der Waals surface area (Å²) in [6.07, 6.45) is 1.80. The zero-order valence-corrected chi connectivity index (χ0v) is 18.6. The second-order valence-electron chi connectivity index (χ2n) is 7.38. The number of nitrogens with zero attached hydrogens (tertiary/aromatic N) is 3. The molecule has 1 aromatic heterocycles. The number of nitrogens with one attached hydrogen (secondary N) is 1. The molecule has 6 nitrogen and oxygen atoms in total. The van der Waals surface area contributed by atoms with E-state index in [1.54, 1.807) is 13.3 Å². The zero-order valence-electron chi connectivity index (χ0n) is 17.7. The van der Waals surface area contributed by atoms with Gasteiger partial charge in [0.15, 0.2) is 0 Å². The Labute approximate surface area is 187 Å². The van der Waals surface area contributed by atoms with Crippen LogP contribution in [0.4, 0.5) is 11.5 Å². The van der Waals surface area contributed by atoms with Gasteiger partial charge in [0.1, 0.15) is 11.6 Å². The maximum atomic E-state index is 13.2. The highest BCUT2D eigenvalue weighted by Crippen LogP contribution is 2.26. The number of benzene rings is 2. The van der Waals surface area contributed by atoms with Crippen molar-refractivity contribution in [1.82, 2.24) is 9.88 Å². The standard InChI is InChI=1S/C24H26N4O2S/c1-18-6-11-21(31-26-19-7-9-20(30-2)10-8-19)17-22(18)24(29)28-15-13-27(14-16-28)23-5-3-4-12-25-23/h3-12,17,26H,13-16H2,1-2H3. The molecule has 0 radical (unpaired) electrons. The minimum atomic E-state index is 0.0880. The first-order valence-corrected chi connectivity index (χ1v) is 11.1. The number of aryl methyl sites for hydroxylation is 1. The van der Waals surface area contributed by atoms with Crippen molar-refractivity contribution in [2.24, 2.45) is 0 Å². The lowest BCUT2D eigenvalue weighted by Crippen LogP contribution is -2.49. The van der Waals surface area contributed by atoms with Crippen LogP contribution in [-0.2, 0) is 0 Å². The van der Waals surface area contributed by atoms with E-state index in [0.717, 1.165) is 46.4 Å². The number of pyridine rings is 1. The summed E-state index contributed by atoms with van der Waals surface area (Å²) in [5.74, 6) is 1.88. The van der Waals surface area contributed by atoms with Gasteiger partial charge in [-0.3, -0.25) is 4.79 Å². The third-order valence-corrected chi connectivity index (χ3v) is 6.18. The molecule has 0 saturated carbocycles. The predicted molar refractivity (Wildman–Crippen MR) is 126 cm³/mol. The summed E-state index contributed by atoms with van der Waals surface area (Å²) in [7, 11) is 1.65. The average Bonchev–Trinajstić information content (AvgIpc) is 2.84. The first-order valence-electron chi connectivity index (χ1n) is 10.3. The number of anilines is 2. The number of ether oxygens (including phenoxy) is 1. The summed E-state index contributed by atoms with van der Waals surface area (Å²) in [6.45, 7) is 4.94. The molecule has 1 N–H and O–H groups in total. The monoisotopic (exact) mass is 434 g/mol. The fraction of sp³-hybridized carbons (Fsp3) is 0.250. The Morgan fingerprint density at radius 3 is 2.48 bits per heavy atom. The molecular formula is C24H26N4O2S. The normalized spacial score (nSPS) is 13.7. The molecule has 1 aliphatic heterocycles. The SMILES string of the molecule is COc1ccc(NSc2ccc(C)c(C(=O)N3CCN(c4ccccn4)CC3)c2)cc1. The quantitative estimate of drug-likeness (QED) is 0.578. The molecule has 1 fully saturated rings. The van der Waals surface area contributed by atoms with E-state index in [9.17, 15) is 4.79 Å². The Hall–Kier alpha value is -3.19. The van der Waals surface area contributed by atoms with Gasteiger partial charge in [0.2, 0.25) is 0 Å². The summed E-state index contributed by atoms with van der Waals surface area (Å²) in [5.41, 5.74) is 2.73. The zero-order chi connectivity index (χ0) is 21.6. The number of amides is 1. The van der Waals surface area contributed by atoms with Gasteiger partial charge in [0.25, 0.3) is 5.91 Å². The van der Waals surface area contributed by atoms with Gasteiger partial charge in [-0.25, -0.2) is 4.98 Å². The Balaban J connectivity index is 1.39. The molecule has 1 aliphatic rings. The number of carbonyl (C=O) groups excluding carboxylic acids is 1. The van der Waals surface area contributed by atoms with Gasteiger partial charge in [-0.15, -0.1) is 0 Å². The Bertz CT molecular complexity index is 1020. The molecule has 3 aromatic rings. The maximum absolute atomic E-state index is 13.2. The molecule has 0 atom stereocenters. The van der Waals surface area contributed by atoms with Crippen molar-refractivity contribution in [3.8, 4) is 5.75 Å². The summed E-state index contributed by atoms with van der Waals surface area (Å²) in [4.78, 5) is 22.8. The third kappa shape index (κ3) is 5.11. The molecule has 0 aliphatic carbocycles. The van der Waals surface area contributed by atoms with Gasteiger partial charge in [-0.2, -0.15) is 0 Å². The van der Waals surface area contributed by atoms with Crippen molar-refractivity contribution in [2.75, 3.05) is 42.9 Å². The van der Waals surface area contributed by atoms with E-state index in [2.05, 4.69) is 14.6 Å². The van der Waals surface area contributed by atoms with Gasteiger partial charge >= 0.3 is 0 Å². The van der Waals surface area contributed by atoms with E-state index in [1.807, 2.05) is 72.5 Å². The van der Waals surface area contributed by atoms with E-state index in [-0.39, 0.29) is 5.91 Å². The second-order valence-corrected chi connectivity index (χ2v) is 8.26. The lowest BCUT2D eigenvalue weighted by molar-refractivity contribution is 0.0745. The highest BCUT2D eigenvalue weighted by Gasteiger charge is 2.24. The van der Waals surface area contributed by atoms with Crippen LogP contribution >= 0.6 is 11.9 Å². The first-order chi connectivity index (χ1) is 15.1. The highest BCUT2D eigenvalue weighted by atomic mass is 32.2. The van der Waals surface area contributed by atoms with Crippen molar-refractivity contribution in [1.29, 1.82) is 0 Å². The number of hydrogen-bond acceptors (Lipinski definition) is 6. The molecule has 0 unspecified atom stereocenters. The maximum Gasteiger partial charge on any atom is 0.254 e. The molecule has 2 aromatic carbocycles. The van der Waals surface area contributed by atoms with Crippen LogP contribution in [0.15, 0.2) is 71.8 Å². The number of aromatic nitrogens is 1. The largest absolute Gasteiger partial charge is 0.497 e. The van der Waals surface area contributed by atoms with E-state index >= 15 is 0 Å². The molecule has 31 heavy (non-hydrogen) atoms. The van der Waals surface area contributed by atoms with E-state index in [0.29, 0.717) is 13.1 Å².